The van der Waals surface area contributed by atoms with Gasteiger partial charge in [0.15, 0.2) is 12.2 Å². The van der Waals surface area contributed by atoms with Gasteiger partial charge in [0.05, 0.1) is 26.4 Å². The first-order chi connectivity index (χ1) is 49.4. The Kier molecular flexibility index (Phi) is 73.1. The Labute approximate surface area is 626 Å². The summed E-state index contributed by atoms with van der Waals surface area (Å²) in [5.74, 6) is -0.560. The minimum Gasteiger partial charge on any atom is -0.462 e. The summed E-state index contributed by atoms with van der Waals surface area (Å²) in [6.07, 6.45) is 65.6. The number of rotatable bonds is 82. The fourth-order valence-electron chi connectivity index (χ4n) is 12.9. The van der Waals surface area contributed by atoms with E-state index in [9.17, 15) is 43.2 Å². The normalized spacial score (nSPS) is 14.1. The fraction of sp³-hybridized carbons (Fsp3) is 0.952. The van der Waals surface area contributed by atoms with E-state index in [1.807, 2.05) is 0 Å². The monoisotopic (exact) mass is 1490 g/mol. The molecule has 0 aromatic heterocycles. The molecule has 0 spiro atoms. The molecule has 19 heteroatoms. The molecule has 3 N–H and O–H groups in total. The Morgan fingerprint density at radius 3 is 0.745 bits per heavy atom. The molecule has 0 aliphatic carbocycles. The van der Waals surface area contributed by atoms with Gasteiger partial charge in [0, 0.05) is 25.7 Å². The quantitative estimate of drug-likeness (QED) is 0.0222. The van der Waals surface area contributed by atoms with E-state index in [1.54, 1.807) is 0 Å². The molecule has 17 nitrogen and oxygen atoms in total. The molecule has 606 valence electrons. The Morgan fingerprint density at radius 1 is 0.284 bits per heavy atom. The van der Waals surface area contributed by atoms with Crippen LogP contribution in [0.1, 0.15) is 440 Å². The minimum absolute atomic E-state index is 0.106. The van der Waals surface area contributed by atoms with Gasteiger partial charge < -0.3 is 33.8 Å². The number of hydrogen-bond donors (Lipinski definition) is 3. The number of aliphatic hydroxyl groups excluding tert-OH is 1. The van der Waals surface area contributed by atoms with Crippen LogP contribution >= 0.6 is 15.6 Å². The average molecular weight is 1490 g/mol. The highest BCUT2D eigenvalue weighted by Crippen LogP contribution is 2.45. The molecule has 0 radical (unpaired) electrons. The summed E-state index contributed by atoms with van der Waals surface area (Å²) in [5, 5.41) is 10.6. The molecular formula is C83H162O17P2. The van der Waals surface area contributed by atoms with Gasteiger partial charge in [-0.25, -0.2) is 9.13 Å². The molecule has 0 saturated carbocycles. The van der Waals surface area contributed by atoms with Crippen LogP contribution in [0.5, 0.6) is 0 Å². The van der Waals surface area contributed by atoms with Crippen LogP contribution in [0.4, 0.5) is 0 Å². The van der Waals surface area contributed by atoms with Crippen molar-refractivity contribution in [3.8, 4) is 0 Å². The summed E-state index contributed by atoms with van der Waals surface area (Å²) in [4.78, 5) is 72.9. The van der Waals surface area contributed by atoms with E-state index in [0.29, 0.717) is 31.6 Å². The number of carbonyl (C=O) groups is 4. The second-order valence-corrected chi connectivity index (χ2v) is 33.5. The number of unbranched alkanes of at least 4 members (excludes halogenated alkanes) is 51. The summed E-state index contributed by atoms with van der Waals surface area (Å²) in [5.41, 5.74) is 0. The van der Waals surface area contributed by atoms with E-state index in [2.05, 4.69) is 41.5 Å². The van der Waals surface area contributed by atoms with Crippen molar-refractivity contribution < 1.29 is 80.2 Å². The average Bonchev–Trinajstić information content (AvgIpc) is 0.919. The van der Waals surface area contributed by atoms with Gasteiger partial charge in [-0.15, -0.1) is 0 Å². The third-order valence-electron chi connectivity index (χ3n) is 19.8. The van der Waals surface area contributed by atoms with Crippen molar-refractivity contribution in [2.45, 2.75) is 458 Å². The Balaban J connectivity index is 5.16. The van der Waals surface area contributed by atoms with Crippen molar-refractivity contribution in [3.63, 3.8) is 0 Å². The van der Waals surface area contributed by atoms with Gasteiger partial charge in [-0.2, -0.15) is 0 Å². The summed E-state index contributed by atoms with van der Waals surface area (Å²) < 4.78 is 68.6. The fourth-order valence-corrected chi connectivity index (χ4v) is 14.4. The number of carbonyl (C=O) groups excluding carboxylic acids is 4. The van der Waals surface area contributed by atoms with Gasteiger partial charge in [0.1, 0.15) is 19.3 Å². The molecule has 0 saturated heterocycles. The first kappa shape index (κ1) is 100. The van der Waals surface area contributed by atoms with Crippen molar-refractivity contribution in [2.24, 2.45) is 11.8 Å². The van der Waals surface area contributed by atoms with E-state index < -0.39 is 97.5 Å². The van der Waals surface area contributed by atoms with Gasteiger partial charge >= 0.3 is 39.5 Å². The third kappa shape index (κ3) is 74.9. The maximum absolute atomic E-state index is 13.1. The van der Waals surface area contributed by atoms with Crippen molar-refractivity contribution in [2.75, 3.05) is 39.6 Å². The first-order valence-corrected chi connectivity index (χ1v) is 46.0. The van der Waals surface area contributed by atoms with Gasteiger partial charge in [0.2, 0.25) is 0 Å². The van der Waals surface area contributed by atoms with Crippen LogP contribution in [-0.2, 0) is 65.4 Å². The second-order valence-electron chi connectivity index (χ2n) is 30.6. The van der Waals surface area contributed by atoms with Gasteiger partial charge in [0.25, 0.3) is 0 Å². The molecule has 6 atom stereocenters. The zero-order chi connectivity index (χ0) is 74.9. The lowest BCUT2D eigenvalue weighted by molar-refractivity contribution is -0.161. The number of phosphoric acid groups is 2. The van der Waals surface area contributed by atoms with Crippen molar-refractivity contribution in [3.05, 3.63) is 0 Å². The highest BCUT2D eigenvalue weighted by molar-refractivity contribution is 7.47. The SMILES string of the molecule is CCCCCCCCCCCCCCCCCCCCCCCC(=O)OC[C@H](COP(=O)(O)OC[C@@H](O)COP(=O)(O)OC[C@@H](COC(=O)CCCCCCCCC(C)C)OC(=O)CCCCCCCCCCCC)OC(=O)CCCCCCCCCCCCCCCCCCCCC(C)CC. The van der Waals surface area contributed by atoms with Crippen molar-refractivity contribution >= 4 is 39.5 Å². The Morgan fingerprint density at radius 2 is 0.500 bits per heavy atom. The maximum Gasteiger partial charge on any atom is 0.472 e. The Bertz CT molecular complexity index is 1960. The minimum atomic E-state index is -4.96. The van der Waals surface area contributed by atoms with Crippen LogP contribution < -0.4 is 0 Å². The largest absolute Gasteiger partial charge is 0.472 e. The van der Waals surface area contributed by atoms with Crippen LogP contribution in [0.15, 0.2) is 0 Å². The first-order valence-electron chi connectivity index (χ1n) is 43.0. The van der Waals surface area contributed by atoms with E-state index in [1.165, 1.54) is 250 Å². The summed E-state index contributed by atoms with van der Waals surface area (Å²) in [6, 6.07) is 0. The lowest BCUT2D eigenvalue weighted by atomic mass is 9.99. The molecule has 0 aliphatic heterocycles. The molecule has 0 fully saturated rings. The predicted molar refractivity (Wildman–Crippen MR) is 418 cm³/mol. The van der Waals surface area contributed by atoms with Crippen molar-refractivity contribution in [1.29, 1.82) is 0 Å². The zero-order valence-corrected chi connectivity index (χ0v) is 68.7. The van der Waals surface area contributed by atoms with Crippen LogP contribution in [0.25, 0.3) is 0 Å². The summed E-state index contributed by atoms with van der Waals surface area (Å²) in [7, 11) is -9.92. The standard InChI is InChI=1S/C83H162O17P2/c1-7-10-12-14-16-18-20-21-22-23-24-25-26-30-33-36-39-43-46-53-59-65-80(85)93-71-78(99-83(88)68-62-56-48-44-40-37-34-31-28-27-29-32-35-38-41-45-52-58-64-76(6)9-3)73-97-101(89,90)95-69-77(84)70-96-102(91,92)98-74-79(72-94-81(86)66-60-54-50-49-51-57-63-75(4)5)100-82(87)67-61-55-47-42-19-17-15-13-11-8-2/h75-79,84H,7-74H2,1-6H3,(H,89,90)(H,91,92)/t76?,77-,78-,79-/m1/s1. The number of aliphatic hydroxyl groups is 1. The zero-order valence-electron chi connectivity index (χ0n) is 66.9. The molecule has 0 aliphatic rings. The van der Waals surface area contributed by atoms with E-state index in [-0.39, 0.29) is 25.7 Å². The lowest BCUT2D eigenvalue weighted by Gasteiger charge is -2.21. The highest BCUT2D eigenvalue weighted by atomic mass is 31.2. The molecule has 102 heavy (non-hydrogen) atoms. The number of ether oxygens (including phenoxy) is 4. The molecule has 0 bridgehead atoms. The van der Waals surface area contributed by atoms with E-state index in [0.717, 1.165) is 102 Å². The van der Waals surface area contributed by atoms with Crippen LogP contribution in [0, 0.1) is 11.8 Å². The van der Waals surface area contributed by atoms with E-state index in [4.69, 9.17) is 37.0 Å². The topological polar surface area (TPSA) is 237 Å². The number of hydrogen-bond acceptors (Lipinski definition) is 15. The van der Waals surface area contributed by atoms with Crippen molar-refractivity contribution in [1.82, 2.24) is 0 Å². The van der Waals surface area contributed by atoms with Gasteiger partial charge in [-0.05, 0) is 37.5 Å². The van der Waals surface area contributed by atoms with Crippen LogP contribution in [-0.4, -0.2) is 96.7 Å². The Hall–Kier alpha value is -1.94. The van der Waals surface area contributed by atoms with Gasteiger partial charge in [-0.3, -0.25) is 37.3 Å². The number of esters is 4. The van der Waals surface area contributed by atoms with Crippen LogP contribution in [0.2, 0.25) is 0 Å². The molecule has 3 unspecified atom stereocenters. The predicted octanol–water partition coefficient (Wildman–Crippen LogP) is 25.1. The van der Waals surface area contributed by atoms with E-state index >= 15 is 0 Å². The summed E-state index contributed by atoms with van der Waals surface area (Å²) in [6.45, 7) is 9.61. The molecule has 0 aromatic rings. The lowest BCUT2D eigenvalue weighted by Crippen LogP contribution is -2.30. The third-order valence-corrected chi connectivity index (χ3v) is 21.7. The van der Waals surface area contributed by atoms with Crippen LogP contribution in [0.3, 0.4) is 0 Å². The molecule has 0 aromatic carbocycles. The van der Waals surface area contributed by atoms with Gasteiger partial charge in [-0.1, -0.05) is 388 Å². The summed E-state index contributed by atoms with van der Waals surface area (Å²) >= 11 is 0. The number of phosphoric ester groups is 2. The second kappa shape index (κ2) is 74.5. The molecular weight excluding hydrogens is 1330 g/mol. The smallest absolute Gasteiger partial charge is 0.462 e. The molecule has 0 amide bonds. The molecule has 0 heterocycles. The highest BCUT2D eigenvalue weighted by Gasteiger charge is 2.30. The maximum atomic E-state index is 13.1. The molecule has 0 rings (SSSR count).